The van der Waals surface area contributed by atoms with E-state index >= 15 is 0 Å². The van der Waals surface area contributed by atoms with Gasteiger partial charge in [0.2, 0.25) is 0 Å². The smallest absolute Gasteiger partial charge is 0.196 e. The number of ketones is 1. The Morgan fingerprint density at radius 2 is 1.95 bits per heavy atom. The molecule has 2 aromatic heterocycles. The van der Waals surface area contributed by atoms with E-state index in [-0.39, 0.29) is 16.9 Å². The summed E-state index contributed by atoms with van der Waals surface area (Å²) < 4.78 is 14.7. The second kappa shape index (κ2) is 5.65. The molecule has 0 N–H and O–H groups in total. The zero-order valence-electron chi connectivity index (χ0n) is 11.2. The molecule has 3 rings (SSSR count). The molecular weight excluding hydrogens is 289 g/mol. The Bertz CT molecular complexity index is 785. The van der Waals surface area contributed by atoms with Crippen LogP contribution in [0.25, 0.3) is 5.65 Å². The van der Waals surface area contributed by atoms with Crippen molar-refractivity contribution in [3.8, 4) is 0 Å². The predicted molar refractivity (Wildman–Crippen MR) is 79.0 cm³/mol. The summed E-state index contributed by atoms with van der Waals surface area (Å²) in [6.45, 7) is 1.81. The number of aromatic nitrogens is 3. The van der Waals surface area contributed by atoms with Gasteiger partial charge in [-0.05, 0) is 43.3 Å². The maximum atomic E-state index is 12.9. The van der Waals surface area contributed by atoms with Gasteiger partial charge in [0.1, 0.15) is 5.82 Å². The van der Waals surface area contributed by atoms with Crippen LogP contribution in [0, 0.1) is 5.82 Å². The average Bonchev–Trinajstić information content (AvgIpc) is 2.91. The molecule has 3 aromatic rings. The Balaban J connectivity index is 1.81. The lowest BCUT2D eigenvalue weighted by atomic mass is 10.1. The summed E-state index contributed by atoms with van der Waals surface area (Å²) in [5.41, 5.74) is 1.23. The number of carbonyl (C=O) groups excluding carboxylic acids is 1. The molecular formula is C15H12FN3OS. The third-order valence-corrected chi connectivity index (χ3v) is 4.12. The molecule has 0 aliphatic carbocycles. The highest BCUT2D eigenvalue weighted by molar-refractivity contribution is 8.00. The van der Waals surface area contributed by atoms with Crippen molar-refractivity contribution in [2.45, 2.75) is 17.3 Å². The van der Waals surface area contributed by atoms with Gasteiger partial charge >= 0.3 is 0 Å². The van der Waals surface area contributed by atoms with Gasteiger partial charge in [-0.3, -0.25) is 9.20 Å². The van der Waals surface area contributed by atoms with Gasteiger partial charge in [0.15, 0.2) is 16.6 Å². The van der Waals surface area contributed by atoms with Gasteiger partial charge in [-0.1, -0.05) is 17.8 Å². The lowest BCUT2D eigenvalue weighted by Crippen LogP contribution is -2.14. The topological polar surface area (TPSA) is 47.3 Å². The number of pyridine rings is 1. The number of hydrogen-bond donors (Lipinski definition) is 0. The van der Waals surface area contributed by atoms with E-state index in [0.717, 1.165) is 5.65 Å². The number of hydrogen-bond acceptors (Lipinski definition) is 4. The van der Waals surface area contributed by atoms with Crippen LogP contribution < -0.4 is 0 Å². The lowest BCUT2D eigenvalue weighted by molar-refractivity contribution is 0.0994. The summed E-state index contributed by atoms with van der Waals surface area (Å²) in [5.74, 6) is -0.414. The number of benzene rings is 1. The van der Waals surface area contributed by atoms with Crippen LogP contribution in [-0.2, 0) is 0 Å². The highest BCUT2D eigenvalue weighted by Gasteiger charge is 2.19. The number of rotatable bonds is 4. The molecule has 4 nitrogen and oxygen atoms in total. The Morgan fingerprint density at radius 3 is 2.71 bits per heavy atom. The minimum Gasteiger partial charge on any atom is -0.293 e. The molecule has 1 unspecified atom stereocenters. The second-order valence-electron chi connectivity index (χ2n) is 4.54. The van der Waals surface area contributed by atoms with Gasteiger partial charge in [0, 0.05) is 11.8 Å². The molecule has 1 atom stereocenters. The summed E-state index contributed by atoms with van der Waals surface area (Å²) >= 11 is 1.33. The summed E-state index contributed by atoms with van der Waals surface area (Å²) in [4.78, 5) is 12.3. The normalized spacial score (nSPS) is 12.5. The van der Waals surface area contributed by atoms with E-state index in [1.165, 1.54) is 36.0 Å². The van der Waals surface area contributed by atoms with Crippen LogP contribution in [0.4, 0.5) is 4.39 Å². The fraction of sp³-hybridized carbons (Fsp3) is 0.133. The molecule has 0 saturated heterocycles. The van der Waals surface area contributed by atoms with Crippen LogP contribution in [0.15, 0.2) is 53.8 Å². The third-order valence-electron chi connectivity index (χ3n) is 3.06. The SMILES string of the molecule is CC(Sc1nnc2ccccn12)C(=O)c1ccc(F)cc1. The average molecular weight is 301 g/mol. The summed E-state index contributed by atoms with van der Waals surface area (Å²) in [7, 11) is 0. The third kappa shape index (κ3) is 2.80. The zero-order chi connectivity index (χ0) is 14.8. The van der Waals surface area contributed by atoms with Crippen molar-refractivity contribution in [3.63, 3.8) is 0 Å². The van der Waals surface area contributed by atoms with Gasteiger partial charge in [-0.25, -0.2) is 4.39 Å². The number of fused-ring (bicyclic) bond motifs is 1. The van der Waals surface area contributed by atoms with Crippen LogP contribution >= 0.6 is 11.8 Å². The Labute approximate surface area is 125 Å². The number of nitrogens with zero attached hydrogens (tertiary/aromatic N) is 3. The van der Waals surface area contributed by atoms with E-state index in [9.17, 15) is 9.18 Å². The summed E-state index contributed by atoms with van der Waals surface area (Å²) in [5, 5.41) is 8.47. The first-order valence-corrected chi connectivity index (χ1v) is 7.29. The largest absolute Gasteiger partial charge is 0.293 e. The molecule has 0 aliphatic rings. The molecule has 0 fully saturated rings. The van der Waals surface area contributed by atoms with Crippen molar-refractivity contribution < 1.29 is 9.18 Å². The Hall–Kier alpha value is -2.21. The monoisotopic (exact) mass is 301 g/mol. The Kier molecular flexibility index (Phi) is 3.70. The van der Waals surface area contributed by atoms with Gasteiger partial charge < -0.3 is 0 Å². The zero-order valence-corrected chi connectivity index (χ0v) is 12.0. The van der Waals surface area contributed by atoms with Crippen molar-refractivity contribution in [1.29, 1.82) is 0 Å². The van der Waals surface area contributed by atoms with E-state index in [1.807, 2.05) is 28.8 Å². The van der Waals surface area contributed by atoms with E-state index in [4.69, 9.17) is 0 Å². The molecule has 0 bridgehead atoms. The van der Waals surface area contributed by atoms with Gasteiger partial charge in [0.05, 0.1) is 5.25 Å². The molecule has 106 valence electrons. The molecule has 0 radical (unpaired) electrons. The van der Waals surface area contributed by atoms with Crippen LogP contribution in [-0.4, -0.2) is 25.6 Å². The van der Waals surface area contributed by atoms with Gasteiger partial charge in [-0.15, -0.1) is 10.2 Å². The highest BCUT2D eigenvalue weighted by atomic mass is 32.2. The minimum atomic E-state index is -0.352. The van der Waals surface area contributed by atoms with E-state index in [2.05, 4.69) is 10.2 Å². The molecule has 0 saturated carbocycles. The van der Waals surface area contributed by atoms with Gasteiger partial charge in [-0.2, -0.15) is 0 Å². The summed E-state index contributed by atoms with van der Waals surface area (Å²) in [6, 6.07) is 11.2. The first-order valence-electron chi connectivity index (χ1n) is 6.41. The van der Waals surface area contributed by atoms with Crippen LogP contribution in [0.2, 0.25) is 0 Å². The Morgan fingerprint density at radius 1 is 1.19 bits per heavy atom. The fourth-order valence-electron chi connectivity index (χ4n) is 1.96. The van der Waals surface area contributed by atoms with Crippen LogP contribution in [0.3, 0.4) is 0 Å². The van der Waals surface area contributed by atoms with Gasteiger partial charge in [0.25, 0.3) is 0 Å². The number of thioether (sulfide) groups is 1. The molecule has 0 aliphatic heterocycles. The molecule has 0 amide bonds. The van der Waals surface area contributed by atoms with E-state index < -0.39 is 0 Å². The van der Waals surface area contributed by atoms with Crippen molar-refractivity contribution in [3.05, 3.63) is 60.0 Å². The molecule has 0 spiro atoms. The number of halogens is 1. The van der Waals surface area contributed by atoms with Crippen LogP contribution in [0.5, 0.6) is 0 Å². The lowest BCUT2D eigenvalue weighted by Gasteiger charge is -2.08. The standard InChI is InChI=1S/C15H12FN3OS/c1-10(14(20)11-5-7-12(16)8-6-11)21-15-18-17-13-4-2-3-9-19(13)15/h2-10H,1H3. The van der Waals surface area contributed by atoms with Crippen molar-refractivity contribution in [2.24, 2.45) is 0 Å². The van der Waals surface area contributed by atoms with Crippen molar-refractivity contribution in [1.82, 2.24) is 14.6 Å². The van der Waals surface area contributed by atoms with Crippen LogP contribution in [0.1, 0.15) is 17.3 Å². The van der Waals surface area contributed by atoms with Crippen molar-refractivity contribution >= 4 is 23.2 Å². The molecule has 2 heterocycles. The second-order valence-corrected chi connectivity index (χ2v) is 5.85. The first kappa shape index (κ1) is 13.8. The molecule has 6 heteroatoms. The number of Topliss-reactive ketones (excluding diaryl/α,β-unsaturated/α-hetero) is 1. The van der Waals surface area contributed by atoms with Crippen molar-refractivity contribution in [2.75, 3.05) is 0 Å². The van der Waals surface area contributed by atoms with E-state index in [0.29, 0.717) is 10.7 Å². The quantitative estimate of drug-likeness (QED) is 0.548. The number of carbonyl (C=O) groups is 1. The molecule has 21 heavy (non-hydrogen) atoms. The maximum absolute atomic E-state index is 12.9. The van der Waals surface area contributed by atoms with E-state index in [1.54, 1.807) is 6.92 Å². The minimum absolute atomic E-state index is 0.0623. The molecule has 1 aromatic carbocycles. The fourth-order valence-corrected chi connectivity index (χ4v) is 2.88. The maximum Gasteiger partial charge on any atom is 0.196 e. The summed E-state index contributed by atoms with van der Waals surface area (Å²) in [6.07, 6.45) is 1.85. The highest BCUT2D eigenvalue weighted by Crippen LogP contribution is 2.24. The predicted octanol–water partition coefficient (Wildman–Crippen LogP) is 3.23. The first-order chi connectivity index (χ1) is 10.1.